The maximum absolute atomic E-state index is 12.8. The molecule has 9 heteroatoms. The van der Waals surface area contributed by atoms with Crippen molar-refractivity contribution in [2.45, 2.75) is 26.3 Å². The molecule has 0 radical (unpaired) electrons. The summed E-state index contributed by atoms with van der Waals surface area (Å²) in [5.74, 6) is -0.269. The van der Waals surface area contributed by atoms with E-state index in [0.29, 0.717) is 22.9 Å². The molecule has 0 saturated carbocycles. The normalized spacial score (nSPS) is 10.7. The van der Waals surface area contributed by atoms with Crippen LogP contribution in [0.4, 0.5) is 5.69 Å². The van der Waals surface area contributed by atoms with Gasteiger partial charge >= 0.3 is 5.97 Å². The third-order valence-corrected chi connectivity index (χ3v) is 5.09. The quantitative estimate of drug-likeness (QED) is 0.448. The number of aromatic nitrogens is 2. The van der Waals surface area contributed by atoms with E-state index in [9.17, 15) is 14.4 Å². The molecule has 0 aliphatic heterocycles. The Morgan fingerprint density at radius 1 is 1.24 bits per heavy atom. The van der Waals surface area contributed by atoms with Gasteiger partial charge in [-0.05, 0) is 30.7 Å². The number of thiophene rings is 1. The molecule has 1 aromatic carbocycles. The van der Waals surface area contributed by atoms with Crippen LogP contribution >= 0.6 is 11.3 Å². The Kier molecular flexibility index (Phi) is 6.61. The summed E-state index contributed by atoms with van der Waals surface area (Å²) in [4.78, 5) is 42.1. The zero-order chi connectivity index (χ0) is 20.8. The Labute approximate surface area is 171 Å². The Balaban J connectivity index is 1.78. The highest BCUT2D eigenvalue weighted by molar-refractivity contribution is 7.17. The fraction of sp³-hybridized carbons (Fsp3) is 0.300. The number of benzene rings is 1. The number of hydrogen-bond acceptors (Lipinski definition) is 7. The summed E-state index contributed by atoms with van der Waals surface area (Å²) in [7, 11) is 1.56. The van der Waals surface area contributed by atoms with Crippen molar-refractivity contribution in [2.75, 3.05) is 19.0 Å². The number of unbranched alkanes of at least 4 members (excludes halogenated alkanes) is 1. The number of fused-ring (bicyclic) bond motifs is 1. The Morgan fingerprint density at radius 3 is 2.69 bits per heavy atom. The number of ether oxygens (including phenoxy) is 2. The third-order valence-electron chi connectivity index (χ3n) is 4.20. The van der Waals surface area contributed by atoms with Crippen LogP contribution < -0.4 is 15.6 Å². The van der Waals surface area contributed by atoms with Crippen molar-refractivity contribution in [2.24, 2.45) is 0 Å². The Bertz CT molecular complexity index is 1070. The maximum Gasteiger partial charge on any atom is 0.339 e. The van der Waals surface area contributed by atoms with Crippen LogP contribution in [-0.2, 0) is 16.1 Å². The second kappa shape index (κ2) is 9.33. The first kappa shape index (κ1) is 20.5. The summed E-state index contributed by atoms with van der Waals surface area (Å²) < 4.78 is 11.5. The lowest BCUT2D eigenvalue weighted by molar-refractivity contribution is -0.116. The van der Waals surface area contributed by atoms with Gasteiger partial charge in [0.15, 0.2) is 0 Å². The lowest BCUT2D eigenvalue weighted by Crippen LogP contribution is -2.28. The number of anilines is 1. The van der Waals surface area contributed by atoms with Crippen molar-refractivity contribution >= 4 is 39.1 Å². The lowest BCUT2D eigenvalue weighted by atomic mass is 10.2. The van der Waals surface area contributed by atoms with Gasteiger partial charge in [-0.15, -0.1) is 11.3 Å². The van der Waals surface area contributed by atoms with E-state index in [4.69, 9.17) is 9.47 Å². The SMILES string of the molecule is CCCCOC(=O)c1csc2ncn(CC(=O)Nc3ccc(OC)cc3)c(=O)c12. The molecule has 0 aliphatic rings. The van der Waals surface area contributed by atoms with Crippen molar-refractivity contribution in [1.82, 2.24) is 9.55 Å². The molecule has 1 amide bonds. The van der Waals surface area contributed by atoms with Crippen molar-refractivity contribution in [3.63, 3.8) is 0 Å². The molecule has 152 valence electrons. The number of hydrogen-bond donors (Lipinski definition) is 1. The number of amides is 1. The van der Waals surface area contributed by atoms with Crippen molar-refractivity contribution in [1.29, 1.82) is 0 Å². The number of methoxy groups -OCH3 is 1. The van der Waals surface area contributed by atoms with Gasteiger partial charge in [0.25, 0.3) is 5.56 Å². The molecule has 8 nitrogen and oxygen atoms in total. The van der Waals surface area contributed by atoms with E-state index in [0.717, 1.165) is 12.8 Å². The van der Waals surface area contributed by atoms with Crippen LogP contribution in [0.25, 0.3) is 10.2 Å². The number of nitrogens with zero attached hydrogens (tertiary/aromatic N) is 2. The third kappa shape index (κ3) is 4.80. The van der Waals surface area contributed by atoms with E-state index in [-0.39, 0.29) is 23.4 Å². The van der Waals surface area contributed by atoms with Crippen molar-refractivity contribution in [3.05, 3.63) is 51.9 Å². The highest BCUT2D eigenvalue weighted by Gasteiger charge is 2.19. The van der Waals surface area contributed by atoms with E-state index in [1.807, 2.05) is 6.92 Å². The van der Waals surface area contributed by atoms with E-state index in [1.165, 1.54) is 22.2 Å². The van der Waals surface area contributed by atoms with Gasteiger partial charge in [-0.2, -0.15) is 0 Å². The van der Waals surface area contributed by atoms with Crippen LogP contribution in [-0.4, -0.2) is 35.1 Å². The first-order chi connectivity index (χ1) is 14.0. The van der Waals surface area contributed by atoms with Gasteiger partial charge in [0, 0.05) is 11.1 Å². The van der Waals surface area contributed by atoms with Crippen molar-refractivity contribution in [3.8, 4) is 5.75 Å². The smallest absolute Gasteiger partial charge is 0.339 e. The summed E-state index contributed by atoms with van der Waals surface area (Å²) in [6, 6.07) is 6.84. The topological polar surface area (TPSA) is 99.5 Å². The molecular formula is C20H21N3O5S. The molecule has 29 heavy (non-hydrogen) atoms. The highest BCUT2D eigenvalue weighted by Crippen LogP contribution is 2.22. The molecule has 0 unspecified atom stereocenters. The zero-order valence-corrected chi connectivity index (χ0v) is 17.0. The van der Waals surface area contributed by atoms with Crippen LogP contribution in [0, 0.1) is 0 Å². The summed E-state index contributed by atoms with van der Waals surface area (Å²) >= 11 is 1.19. The van der Waals surface area contributed by atoms with Gasteiger partial charge in [0.1, 0.15) is 17.1 Å². The number of esters is 1. The van der Waals surface area contributed by atoms with Crippen LogP contribution in [0.5, 0.6) is 5.75 Å². The van der Waals surface area contributed by atoms with E-state index in [1.54, 1.807) is 36.8 Å². The van der Waals surface area contributed by atoms with E-state index in [2.05, 4.69) is 10.3 Å². The Hall–Kier alpha value is -3.20. The monoisotopic (exact) mass is 415 g/mol. The van der Waals surface area contributed by atoms with Gasteiger partial charge in [-0.1, -0.05) is 13.3 Å². The Morgan fingerprint density at radius 2 is 2.00 bits per heavy atom. The minimum atomic E-state index is -0.552. The van der Waals surface area contributed by atoms with E-state index < -0.39 is 11.5 Å². The first-order valence-corrected chi connectivity index (χ1v) is 9.99. The molecule has 2 heterocycles. The first-order valence-electron chi connectivity index (χ1n) is 9.11. The average molecular weight is 415 g/mol. The number of carbonyl (C=O) groups is 2. The second-order valence-electron chi connectivity index (χ2n) is 6.27. The van der Waals surface area contributed by atoms with Crippen LogP contribution in [0.15, 0.2) is 40.8 Å². The fourth-order valence-corrected chi connectivity index (χ4v) is 3.51. The zero-order valence-electron chi connectivity index (χ0n) is 16.1. The molecular weight excluding hydrogens is 394 g/mol. The fourth-order valence-electron chi connectivity index (χ4n) is 2.65. The summed E-state index contributed by atoms with van der Waals surface area (Å²) in [5.41, 5.74) is 0.306. The molecule has 0 saturated heterocycles. The molecule has 0 atom stereocenters. The second-order valence-corrected chi connectivity index (χ2v) is 7.13. The molecule has 0 aliphatic carbocycles. The van der Waals surface area contributed by atoms with Gasteiger partial charge < -0.3 is 14.8 Å². The highest BCUT2D eigenvalue weighted by atomic mass is 32.1. The number of carbonyl (C=O) groups excluding carboxylic acids is 2. The van der Waals surface area contributed by atoms with Gasteiger partial charge in [0.2, 0.25) is 5.91 Å². The molecule has 1 N–H and O–H groups in total. The minimum absolute atomic E-state index is 0.177. The minimum Gasteiger partial charge on any atom is -0.497 e. The van der Waals surface area contributed by atoms with Crippen LogP contribution in [0.1, 0.15) is 30.1 Å². The number of rotatable bonds is 8. The predicted octanol–water partition coefficient (Wildman–Crippen LogP) is 3.06. The average Bonchev–Trinajstić information content (AvgIpc) is 3.16. The maximum atomic E-state index is 12.8. The summed E-state index contributed by atoms with van der Waals surface area (Å²) in [6.07, 6.45) is 2.96. The standard InChI is InChI=1S/C20H21N3O5S/c1-3-4-9-28-20(26)15-11-29-18-17(15)19(25)23(12-21-18)10-16(24)22-13-5-7-14(27-2)8-6-13/h5-8,11-12H,3-4,9-10H2,1-2H3,(H,22,24). The summed E-state index contributed by atoms with van der Waals surface area (Å²) in [5, 5.41) is 4.45. The van der Waals surface area contributed by atoms with E-state index >= 15 is 0 Å². The summed E-state index contributed by atoms with van der Waals surface area (Å²) in [6.45, 7) is 2.06. The molecule has 3 aromatic rings. The number of nitrogens with one attached hydrogen (secondary N) is 1. The lowest BCUT2D eigenvalue weighted by Gasteiger charge is -2.08. The molecule has 0 fully saturated rings. The van der Waals surface area contributed by atoms with Gasteiger partial charge in [-0.25, -0.2) is 9.78 Å². The molecule has 0 bridgehead atoms. The van der Waals surface area contributed by atoms with Gasteiger partial charge in [-0.3, -0.25) is 14.2 Å². The van der Waals surface area contributed by atoms with Crippen molar-refractivity contribution < 1.29 is 19.1 Å². The largest absolute Gasteiger partial charge is 0.497 e. The molecule has 0 spiro atoms. The van der Waals surface area contributed by atoms with Gasteiger partial charge in [0.05, 0.1) is 31.0 Å². The van der Waals surface area contributed by atoms with Crippen LogP contribution in [0.3, 0.4) is 0 Å². The predicted molar refractivity (Wildman–Crippen MR) is 111 cm³/mol. The molecule has 2 aromatic heterocycles. The van der Waals surface area contributed by atoms with Crippen LogP contribution in [0.2, 0.25) is 0 Å². The molecule has 3 rings (SSSR count).